The summed E-state index contributed by atoms with van der Waals surface area (Å²) >= 11 is 0. The van der Waals surface area contributed by atoms with Gasteiger partial charge in [0.25, 0.3) is 12.3 Å². The molecule has 9 heteroatoms. The van der Waals surface area contributed by atoms with Crippen LogP contribution in [0.15, 0.2) is 11.1 Å². The van der Waals surface area contributed by atoms with Crippen molar-refractivity contribution in [3.8, 4) is 0 Å². The highest BCUT2D eigenvalue weighted by Crippen LogP contribution is 2.31. The summed E-state index contributed by atoms with van der Waals surface area (Å²) in [6.45, 7) is 1.02. The van der Waals surface area contributed by atoms with Crippen LogP contribution in [0.5, 0.6) is 0 Å². The summed E-state index contributed by atoms with van der Waals surface area (Å²) in [7, 11) is 0. The summed E-state index contributed by atoms with van der Waals surface area (Å²) in [5.74, 6) is -2.47. The number of hydrogen-bond acceptors (Lipinski definition) is 5. The Balaban J connectivity index is 2.47. The molecule has 0 saturated heterocycles. The highest BCUT2D eigenvalue weighted by atomic mass is 19.3. The second kappa shape index (κ2) is 5.32. The third kappa shape index (κ3) is 2.68. The number of carbonyl (C=O) groups is 1. The van der Waals surface area contributed by atoms with Crippen LogP contribution in [0.25, 0.3) is 0 Å². The van der Waals surface area contributed by atoms with E-state index in [2.05, 4.69) is 16.2 Å². The van der Waals surface area contributed by atoms with Crippen molar-refractivity contribution in [2.24, 2.45) is 16.5 Å². The van der Waals surface area contributed by atoms with Gasteiger partial charge >= 0.3 is 0 Å². The lowest BCUT2D eigenvalue weighted by molar-refractivity contribution is -0.0441. The Labute approximate surface area is 118 Å². The molecule has 21 heavy (non-hydrogen) atoms. The number of halogens is 3. The van der Waals surface area contributed by atoms with Crippen molar-refractivity contribution < 1.29 is 22.7 Å². The molecule has 1 radical (unpaired) electrons. The predicted molar refractivity (Wildman–Crippen MR) is 66.3 cm³/mol. The van der Waals surface area contributed by atoms with Gasteiger partial charge in [0.1, 0.15) is 17.1 Å². The maximum absolute atomic E-state index is 14.2. The van der Waals surface area contributed by atoms with Crippen LogP contribution in [0.2, 0.25) is 0 Å². The summed E-state index contributed by atoms with van der Waals surface area (Å²) in [6, 6.07) is 0.989. The van der Waals surface area contributed by atoms with E-state index in [1.165, 1.54) is 6.92 Å². The molecular formula is C12H12F3N4O2. The molecule has 4 N–H and O–H groups in total. The van der Waals surface area contributed by atoms with Gasteiger partial charge in [-0.25, -0.2) is 18.2 Å². The van der Waals surface area contributed by atoms with Crippen molar-refractivity contribution in [3.05, 3.63) is 29.3 Å². The first-order chi connectivity index (χ1) is 9.76. The molecule has 0 fully saturated rings. The van der Waals surface area contributed by atoms with Crippen molar-refractivity contribution in [1.82, 2.24) is 4.98 Å². The highest BCUT2D eigenvalue weighted by molar-refractivity contribution is 5.93. The van der Waals surface area contributed by atoms with E-state index >= 15 is 0 Å². The van der Waals surface area contributed by atoms with Crippen molar-refractivity contribution in [2.75, 3.05) is 6.61 Å². The van der Waals surface area contributed by atoms with Crippen LogP contribution in [-0.2, 0) is 10.3 Å². The van der Waals surface area contributed by atoms with Gasteiger partial charge < -0.3 is 16.2 Å². The minimum atomic E-state index is -2.85. The number of amides is 1. The van der Waals surface area contributed by atoms with Gasteiger partial charge in [-0.15, -0.1) is 0 Å². The fraction of sp³-hybridized carbons (Fsp3) is 0.417. The number of nitrogens with two attached hydrogens (primary N) is 2. The summed E-state index contributed by atoms with van der Waals surface area (Å²) in [6.07, 6.45) is -2.18. The summed E-state index contributed by atoms with van der Waals surface area (Å²) in [5.41, 5.74) is 8.30. The second-order valence-electron chi connectivity index (χ2n) is 4.70. The van der Waals surface area contributed by atoms with Gasteiger partial charge in [-0.2, -0.15) is 0 Å². The average molecular weight is 301 g/mol. The molecule has 1 amide bonds. The number of carbonyl (C=O) groups excluding carboxylic acids is 1. The van der Waals surface area contributed by atoms with Crippen LogP contribution in [0, 0.1) is 12.0 Å². The van der Waals surface area contributed by atoms with Gasteiger partial charge in [0.15, 0.2) is 11.9 Å². The number of hydrogen-bond donors (Lipinski definition) is 2. The number of aliphatic imine (C=N–C) groups is 1. The Kier molecular flexibility index (Phi) is 3.86. The summed E-state index contributed by atoms with van der Waals surface area (Å²) < 4.78 is 44.4. The fourth-order valence-electron chi connectivity index (χ4n) is 1.98. The normalized spacial score (nSPS) is 25.8. The molecule has 2 rings (SSSR count). The first kappa shape index (κ1) is 15.2. The molecule has 1 aliphatic heterocycles. The molecule has 0 spiro atoms. The summed E-state index contributed by atoms with van der Waals surface area (Å²) in [4.78, 5) is 18.7. The minimum Gasteiger partial charge on any atom is -0.385 e. The van der Waals surface area contributed by atoms with Gasteiger partial charge in [-0.05, 0) is 13.0 Å². The first-order valence-corrected chi connectivity index (χ1v) is 5.88. The van der Waals surface area contributed by atoms with Crippen LogP contribution >= 0.6 is 0 Å². The number of rotatable bonds is 3. The largest absolute Gasteiger partial charge is 0.385 e. The Morgan fingerprint density at radius 1 is 1.62 bits per heavy atom. The van der Waals surface area contributed by atoms with Gasteiger partial charge in [-0.3, -0.25) is 9.79 Å². The zero-order valence-electron chi connectivity index (χ0n) is 10.9. The van der Waals surface area contributed by atoms with Gasteiger partial charge in [0.2, 0.25) is 0 Å². The summed E-state index contributed by atoms with van der Waals surface area (Å²) in [5, 5.41) is 0. The van der Waals surface area contributed by atoms with Crippen molar-refractivity contribution in [1.29, 1.82) is 0 Å². The van der Waals surface area contributed by atoms with Gasteiger partial charge in [0, 0.05) is 0 Å². The van der Waals surface area contributed by atoms with Gasteiger partial charge in [0.05, 0.1) is 18.4 Å². The monoisotopic (exact) mass is 301 g/mol. The number of pyridine rings is 1. The van der Waals surface area contributed by atoms with E-state index in [-0.39, 0.29) is 12.3 Å². The number of amidine groups is 1. The fourth-order valence-corrected chi connectivity index (χ4v) is 1.98. The van der Waals surface area contributed by atoms with E-state index in [4.69, 9.17) is 16.2 Å². The van der Waals surface area contributed by atoms with E-state index in [9.17, 15) is 18.0 Å². The molecule has 0 aliphatic carbocycles. The second-order valence-corrected chi connectivity index (χ2v) is 4.70. The van der Waals surface area contributed by atoms with Crippen LogP contribution in [0.3, 0.4) is 0 Å². The van der Waals surface area contributed by atoms with E-state index in [0.717, 1.165) is 6.07 Å². The lowest BCUT2D eigenvalue weighted by atomic mass is 9.95. The number of ether oxygens (including phenoxy) is 1. The number of alkyl halides is 2. The Hall–Kier alpha value is -2.16. The van der Waals surface area contributed by atoms with E-state index < -0.39 is 41.2 Å². The molecule has 2 atom stereocenters. The molecular weight excluding hydrogens is 289 g/mol. The quantitative estimate of drug-likeness (QED) is 0.841. The molecule has 2 heterocycles. The molecule has 0 bridgehead atoms. The van der Waals surface area contributed by atoms with Crippen molar-refractivity contribution in [2.45, 2.75) is 25.0 Å². The molecule has 1 aromatic rings. The van der Waals surface area contributed by atoms with E-state index in [0.29, 0.717) is 0 Å². The van der Waals surface area contributed by atoms with Gasteiger partial charge in [-0.1, -0.05) is 0 Å². The molecule has 1 unspecified atom stereocenters. The maximum atomic E-state index is 14.2. The first-order valence-electron chi connectivity index (χ1n) is 5.88. The molecule has 1 aromatic heterocycles. The highest BCUT2D eigenvalue weighted by Gasteiger charge is 2.41. The number of primary amides is 1. The van der Waals surface area contributed by atoms with Crippen LogP contribution in [0.4, 0.5) is 13.2 Å². The third-order valence-electron chi connectivity index (χ3n) is 3.05. The van der Waals surface area contributed by atoms with Crippen molar-refractivity contribution >= 4 is 11.7 Å². The molecule has 0 saturated carbocycles. The number of nitrogens with zero attached hydrogens (tertiary/aromatic N) is 2. The third-order valence-corrected chi connectivity index (χ3v) is 3.05. The lowest BCUT2D eigenvalue weighted by Gasteiger charge is -2.33. The Morgan fingerprint density at radius 2 is 2.29 bits per heavy atom. The predicted octanol–water partition coefficient (Wildman–Crippen LogP) is 0.356. The zero-order chi connectivity index (χ0) is 15.8. The zero-order valence-corrected chi connectivity index (χ0v) is 10.9. The lowest BCUT2D eigenvalue weighted by Crippen LogP contribution is -2.47. The average Bonchev–Trinajstić information content (AvgIpc) is 2.37. The molecule has 0 aromatic carbocycles. The molecule has 1 aliphatic rings. The SMILES string of the molecule is CC1(c2n[c]cc(C(N)=O)c2F)CO[C@@H](C(F)F)C(N)=N1. The topological polar surface area (TPSA) is 104 Å². The maximum Gasteiger partial charge on any atom is 0.271 e. The Morgan fingerprint density at radius 3 is 2.81 bits per heavy atom. The number of aromatic nitrogens is 1. The van der Waals surface area contributed by atoms with Crippen LogP contribution in [0.1, 0.15) is 23.0 Å². The minimum absolute atomic E-state index is 0.297. The molecule has 6 nitrogen and oxygen atoms in total. The van der Waals surface area contributed by atoms with E-state index in [1.54, 1.807) is 0 Å². The Bertz CT molecular complexity index is 608. The molecule has 113 valence electrons. The van der Waals surface area contributed by atoms with E-state index in [1.807, 2.05) is 0 Å². The van der Waals surface area contributed by atoms with Crippen LogP contribution in [-0.4, -0.2) is 35.9 Å². The van der Waals surface area contributed by atoms with Crippen LogP contribution < -0.4 is 11.5 Å². The van der Waals surface area contributed by atoms with Crippen molar-refractivity contribution in [3.63, 3.8) is 0 Å². The standard InChI is InChI=1S/C12H12F3N4O2/c1-12(4-21-7(9(14)15)10(16)19-12)8-6(13)5(11(17)20)2-3-18-8/h2,7,9H,4H2,1H3,(H2,16,19)(H2,17,20)/t7-,12?/m0/s1. The smallest absolute Gasteiger partial charge is 0.271 e.